The van der Waals surface area contributed by atoms with Crippen LogP contribution in [0.4, 0.5) is 5.82 Å². The molecule has 3 aromatic rings. The Hall–Kier alpha value is -2.48. The minimum absolute atomic E-state index is 0.00267. The smallest absolute Gasteiger partial charge is 0.225 e. The molecule has 3 aromatic heterocycles. The van der Waals surface area contributed by atoms with Crippen LogP contribution in [0, 0.1) is 5.92 Å². The van der Waals surface area contributed by atoms with Crippen LogP contribution in [0.2, 0.25) is 0 Å². The van der Waals surface area contributed by atoms with E-state index in [0.717, 1.165) is 30.9 Å². The van der Waals surface area contributed by atoms with Gasteiger partial charge in [0.1, 0.15) is 12.1 Å². The molecule has 0 spiro atoms. The molecule has 4 rings (SSSR count). The van der Waals surface area contributed by atoms with Gasteiger partial charge in [0.25, 0.3) is 0 Å². The molecule has 0 unspecified atom stereocenters. The molecule has 24 heavy (non-hydrogen) atoms. The van der Waals surface area contributed by atoms with Crippen molar-refractivity contribution in [3.8, 4) is 0 Å². The van der Waals surface area contributed by atoms with Gasteiger partial charge < -0.3 is 10.2 Å². The lowest BCUT2D eigenvalue weighted by molar-refractivity contribution is -0.125. The number of amides is 1. The average molecular weight is 342 g/mol. The largest absolute Gasteiger partial charge is 0.354 e. The highest BCUT2D eigenvalue weighted by Crippen LogP contribution is 2.22. The Balaban J connectivity index is 1.41. The van der Waals surface area contributed by atoms with Crippen LogP contribution in [0.25, 0.3) is 5.65 Å². The van der Waals surface area contributed by atoms with Gasteiger partial charge in [0.05, 0.1) is 12.5 Å². The molecule has 0 radical (unpaired) electrons. The van der Waals surface area contributed by atoms with Crippen LogP contribution < -0.4 is 10.2 Å². The zero-order valence-corrected chi connectivity index (χ0v) is 13.9. The molecule has 4 heterocycles. The van der Waals surface area contributed by atoms with E-state index in [1.54, 1.807) is 22.2 Å². The van der Waals surface area contributed by atoms with Crippen molar-refractivity contribution in [2.75, 3.05) is 18.0 Å². The summed E-state index contributed by atoms with van der Waals surface area (Å²) in [7, 11) is 0. The van der Waals surface area contributed by atoms with Gasteiger partial charge >= 0.3 is 0 Å². The number of carbonyl (C=O) groups excluding carboxylic acids is 1. The third-order valence-corrected chi connectivity index (χ3v) is 5.16. The van der Waals surface area contributed by atoms with Gasteiger partial charge in [-0.3, -0.25) is 4.79 Å². The van der Waals surface area contributed by atoms with Gasteiger partial charge in [0, 0.05) is 18.0 Å². The fourth-order valence-electron chi connectivity index (χ4n) is 3.02. The molecule has 7 nitrogen and oxygen atoms in total. The first-order valence-electron chi connectivity index (χ1n) is 8.02. The SMILES string of the molecule is O=C(NCc1cccs1)[C@H]1CCCN(c2ccc3nncn3n2)C1. The van der Waals surface area contributed by atoms with Crippen molar-refractivity contribution < 1.29 is 4.79 Å². The first kappa shape index (κ1) is 15.1. The molecule has 0 aliphatic carbocycles. The van der Waals surface area contributed by atoms with E-state index in [-0.39, 0.29) is 11.8 Å². The van der Waals surface area contributed by atoms with Gasteiger partial charge in [-0.25, -0.2) is 0 Å². The summed E-state index contributed by atoms with van der Waals surface area (Å²) in [4.78, 5) is 15.8. The quantitative estimate of drug-likeness (QED) is 0.781. The number of piperidine rings is 1. The highest BCUT2D eigenvalue weighted by molar-refractivity contribution is 7.09. The molecular weight excluding hydrogens is 324 g/mol. The standard InChI is InChI=1S/C16H18N6OS/c23-16(17-9-13-4-2-8-24-13)12-3-1-7-21(10-12)15-6-5-14-19-18-11-22(14)20-15/h2,4-6,8,11-12H,1,3,7,9-10H2,(H,17,23)/t12-/m0/s1. The first-order valence-corrected chi connectivity index (χ1v) is 8.90. The molecule has 0 aromatic carbocycles. The number of anilines is 1. The van der Waals surface area contributed by atoms with E-state index in [4.69, 9.17) is 0 Å². The fraction of sp³-hybridized carbons (Fsp3) is 0.375. The molecule has 8 heteroatoms. The van der Waals surface area contributed by atoms with Crippen LogP contribution >= 0.6 is 11.3 Å². The number of nitrogens with zero attached hydrogens (tertiary/aromatic N) is 5. The van der Waals surface area contributed by atoms with Gasteiger partial charge in [-0.15, -0.1) is 26.6 Å². The second kappa shape index (κ2) is 6.56. The minimum Gasteiger partial charge on any atom is -0.354 e. The predicted molar refractivity (Wildman–Crippen MR) is 91.9 cm³/mol. The Kier molecular flexibility index (Phi) is 4.12. The molecule has 124 valence electrons. The van der Waals surface area contributed by atoms with Crippen molar-refractivity contribution in [1.82, 2.24) is 25.1 Å². The number of rotatable bonds is 4. The van der Waals surface area contributed by atoms with E-state index >= 15 is 0 Å². The van der Waals surface area contributed by atoms with Crippen LogP contribution in [0.15, 0.2) is 36.0 Å². The Bertz CT molecular complexity index is 830. The first-order chi connectivity index (χ1) is 11.8. The van der Waals surface area contributed by atoms with Crippen LogP contribution in [-0.2, 0) is 11.3 Å². The Labute approximate surface area is 143 Å². The fourth-order valence-corrected chi connectivity index (χ4v) is 3.66. The molecular formula is C16H18N6OS. The number of nitrogens with one attached hydrogen (secondary N) is 1. The van der Waals surface area contributed by atoms with Gasteiger partial charge in [-0.1, -0.05) is 6.07 Å². The van der Waals surface area contributed by atoms with Gasteiger partial charge in [-0.2, -0.15) is 4.52 Å². The van der Waals surface area contributed by atoms with Gasteiger partial charge in [-0.05, 0) is 36.4 Å². The molecule has 1 aliphatic heterocycles. The zero-order chi connectivity index (χ0) is 16.4. The third kappa shape index (κ3) is 3.09. The summed E-state index contributed by atoms with van der Waals surface area (Å²) >= 11 is 1.66. The molecule has 1 amide bonds. The number of hydrogen-bond donors (Lipinski definition) is 1. The van der Waals surface area contributed by atoms with E-state index < -0.39 is 0 Å². The summed E-state index contributed by atoms with van der Waals surface area (Å²) in [6.07, 6.45) is 3.49. The summed E-state index contributed by atoms with van der Waals surface area (Å²) in [6.45, 7) is 2.21. The van der Waals surface area contributed by atoms with E-state index in [2.05, 4.69) is 25.5 Å². The average Bonchev–Trinajstić information content (AvgIpc) is 3.30. The Morgan fingerprint density at radius 3 is 3.21 bits per heavy atom. The second-order valence-electron chi connectivity index (χ2n) is 5.91. The molecule has 1 fully saturated rings. The van der Waals surface area contributed by atoms with Crippen LogP contribution in [-0.4, -0.2) is 38.8 Å². The topological polar surface area (TPSA) is 75.4 Å². The molecule has 0 saturated carbocycles. The van der Waals surface area contributed by atoms with Crippen molar-refractivity contribution in [3.63, 3.8) is 0 Å². The number of fused-ring (bicyclic) bond motifs is 1. The van der Waals surface area contributed by atoms with E-state index in [9.17, 15) is 4.79 Å². The van der Waals surface area contributed by atoms with Crippen molar-refractivity contribution in [3.05, 3.63) is 40.8 Å². The van der Waals surface area contributed by atoms with Crippen LogP contribution in [0.3, 0.4) is 0 Å². The van der Waals surface area contributed by atoms with Crippen LogP contribution in [0.1, 0.15) is 17.7 Å². The maximum Gasteiger partial charge on any atom is 0.225 e. The summed E-state index contributed by atoms with van der Waals surface area (Å²) in [5.41, 5.74) is 0.723. The van der Waals surface area contributed by atoms with Gasteiger partial charge in [0.2, 0.25) is 5.91 Å². The lowest BCUT2D eigenvalue weighted by Crippen LogP contribution is -2.43. The molecule has 0 bridgehead atoms. The van der Waals surface area contributed by atoms with E-state index in [1.807, 2.05) is 29.6 Å². The Morgan fingerprint density at radius 2 is 2.33 bits per heavy atom. The monoisotopic (exact) mass is 342 g/mol. The van der Waals surface area contributed by atoms with Crippen molar-refractivity contribution in [2.24, 2.45) is 5.92 Å². The highest BCUT2D eigenvalue weighted by Gasteiger charge is 2.26. The van der Waals surface area contributed by atoms with E-state index in [0.29, 0.717) is 13.1 Å². The molecule has 1 N–H and O–H groups in total. The third-order valence-electron chi connectivity index (χ3n) is 4.28. The highest BCUT2D eigenvalue weighted by atomic mass is 32.1. The summed E-state index contributed by atoms with van der Waals surface area (Å²) < 4.78 is 1.66. The minimum atomic E-state index is -0.00267. The summed E-state index contributed by atoms with van der Waals surface area (Å²) in [6, 6.07) is 7.88. The summed E-state index contributed by atoms with van der Waals surface area (Å²) in [5, 5.41) is 17.4. The number of thiophene rings is 1. The zero-order valence-electron chi connectivity index (χ0n) is 13.1. The summed E-state index contributed by atoms with van der Waals surface area (Å²) in [5.74, 6) is 0.980. The van der Waals surface area contributed by atoms with Crippen molar-refractivity contribution in [1.29, 1.82) is 0 Å². The van der Waals surface area contributed by atoms with Gasteiger partial charge in [0.15, 0.2) is 5.65 Å². The normalized spacial score (nSPS) is 18.0. The van der Waals surface area contributed by atoms with Crippen molar-refractivity contribution in [2.45, 2.75) is 19.4 Å². The number of aromatic nitrogens is 4. The van der Waals surface area contributed by atoms with E-state index in [1.165, 1.54) is 4.88 Å². The lowest BCUT2D eigenvalue weighted by atomic mass is 9.97. The molecule has 1 aliphatic rings. The number of carbonyl (C=O) groups is 1. The molecule has 1 atom stereocenters. The second-order valence-corrected chi connectivity index (χ2v) is 6.94. The van der Waals surface area contributed by atoms with Crippen molar-refractivity contribution >= 4 is 28.7 Å². The maximum atomic E-state index is 12.5. The van der Waals surface area contributed by atoms with Crippen LogP contribution in [0.5, 0.6) is 0 Å². The molecule has 1 saturated heterocycles. The maximum absolute atomic E-state index is 12.5. The predicted octanol–water partition coefficient (Wildman–Crippen LogP) is 1.72. The Morgan fingerprint density at radius 1 is 1.38 bits per heavy atom. The number of hydrogen-bond acceptors (Lipinski definition) is 6. The lowest BCUT2D eigenvalue weighted by Gasteiger charge is -2.32.